The van der Waals surface area contributed by atoms with E-state index in [2.05, 4.69) is 208 Å². The van der Waals surface area contributed by atoms with Gasteiger partial charge in [0, 0.05) is 5.41 Å². The highest BCUT2D eigenvalue weighted by atomic mass is 14.4. The molecule has 0 heterocycles. The molecule has 0 saturated heterocycles. The number of hydrogen-bond donors (Lipinski definition) is 0. The first-order valence-corrected chi connectivity index (χ1v) is 20.1. The second-order valence-electron chi connectivity index (χ2n) is 16.4. The number of fused-ring (bicyclic) bond motifs is 12. The van der Waals surface area contributed by atoms with Crippen molar-refractivity contribution in [3.05, 3.63) is 205 Å². The lowest BCUT2D eigenvalue weighted by atomic mass is 9.81. The van der Waals surface area contributed by atoms with Gasteiger partial charge >= 0.3 is 0 Å². The van der Waals surface area contributed by atoms with E-state index in [1.165, 1.54) is 120 Å². The molecule has 0 bridgehead atoms. The molecule has 0 aromatic heterocycles. The van der Waals surface area contributed by atoms with Crippen molar-refractivity contribution in [2.24, 2.45) is 0 Å². The molecule has 11 aromatic carbocycles. The van der Waals surface area contributed by atoms with Gasteiger partial charge in [0.05, 0.1) is 0 Å². The Hall–Kier alpha value is -7.02. The maximum atomic E-state index is 2.49. The van der Waals surface area contributed by atoms with Crippen molar-refractivity contribution in [2.45, 2.75) is 19.3 Å². The highest BCUT2D eigenvalue weighted by Crippen LogP contribution is 2.52. The molecule has 0 nitrogen and oxygen atoms in total. The molecule has 0 fully saturated rings. The fraction of sp³-hybridized carbons (Fsp3) is 0.0526. The van der Waals surface area contributed by atoms with Crippen LogP contribution in [0.3, 0.4) is 0 Å². The van der Waals surface area contributed by atoms with Crippen LogP contribution in [0.5, 0.6) is 0 Å². The third-order valence-corrected chi connectivity index (χ3v) is 13.0. The van der Waals surface area contributed by atoms with Gasteiger partial charge in [-0.25, -0.2) is 0 Å². The SMILES string of the molecule is CC1(C)c2ccccc2-c2cc3c4ccccc4c4cc(-c5ccc(-c6c7ccccc7c(-c7ccc8ccccc8c7)c7ccccc67)cc5)ccc4c3cc21. The van der Waals surface area contributed by atoms with Crippen molar-refractivity contribution >= 4 is 64.6 Å². The Kier molecular flexibility index (Phi) is 6.78. The van der Waals surface area contributed by atoms with Gasteiger partial charge in [-0.2, -0.15) is 0 Å². The normalized spacial score (nSPS) is 13.2. The van der Waals surface area contributed by atoms with Crippen LogP contribution in [0.15, 0.2) is 194 Å². The summed E-state index contributed by atoms with van der Waals surface area (Å²) in [4.78, 5) is 0. The second kappa shape index (κ2) is 12.0. The molecule has 57 heavy (non-hydrogen) atoms. The van der Waals surface area contributed by atoms with Crippen LogP contribution in [0.25, 0.3) is 109 Å². The van der Waals surface area contributed by atoms with Crippen molar-refractivity contribution in [3.63, 3.8) is 0 Å². The number of benzene rings is 11. The molecule has 0 amide bonds. The minimum absolute atomic E-state index is 0.0484. The zero-order chi connectivity index (χ0) is 37.8. The molecule has 0 atom stereocenters. The predicted octanol–water partition coefficient (Wildman–Crippen LogP) is 15.9. The molecule has 12 rings (SSSR count). The van der Waals surface area contributed by atoms with Gasteiger partial charge in [0.25, 0.3) is 0 Å². The Morgan fingerprint density at radius 1 is 0.263 bits per heavy atom. The van der Waals surface area contributed by atoms with Gasteiger partial charge in [-0.3, -0.25) is 0 Å². The van der Waals surface area contributed by atoms with Crippen molar-refractivity contribution in [2.75, 3.05) is 0 Å². The summed E-state index contributed by atoms with van der Waals surface area (Å²) in [6.45, 7) is 4.75. The minimum Gasteiger partial charge on any atom is -0.0619 e. The molecule has 0 spiro atoms. The smallest absolute Gasteiger partial charge is 0.0159 e. The summed E-state index contributed by atoms with van der Waals surface area (Å²) >= 11 is 0. The predicted molar refractivity (Wildman–Crippen MR) is 245 cm³/mol. The Morgan fingerprint density at radius 3 is 1.42 bits per heavy atom. The van der Waals surface area contributed by atoms with E-state index in [1.807, 2.05) is 0 Å². The highest BCUT2D eigenvalue weighted by molar-refractivity contribution is 6.27. The average Bonchev–Trinajstić information content (AvgIpc) is 3.49. The van der Waals surface area contributed by atoms with E-state index in [4.69, 9.17) is 0 Å². The third-order valence-electron chi connectivity index (χ3n) is 13.0. The molecule has 0 saturated carbocycles. The molecule has 0 N–H and O–H groups in total. The lowest BCUT2D eigenvalue weighted by Gasteiger charge is -2.22. The monoisotopic (exact) mass is 722 g/mol. The summed E-state index contributed by atoms with van der Waals surface area (Å²) in [5.74, 6) is 0. The average molecular weight is 723 g/mol. The van der Waals surface area contributed by atoms with Crippen LogP contribution >= 0.6 is 0 Å². The molecule has 266 valence electrons. The zero-order valence-electron chi connectivity index (χ0n) is 32.0. The van der Waals surface area contributed by atoms with E-state index in [0.717, 1.165) is 0 Å². The van der Waals surface area contributed by atoms with E-state index in [0.29, 0.717) is 0 Å². The van der Waals surface area contributed by atoms with Crippen molar-refractivity contribution in [1.29, 1.82) is 0 Å². The first-order chi connectivity index (χ1) is 28.0. The number of hydrogen-bond acceptors (Lipinski definition) is 0. The van der Waals surface area contributed by atoms with E-state index >= 15 is 0 Å². The topological polar surface area (TPSA) is 0 Å². The number of rotatable bonds is 3. The lowest BCUT2D eigenvalue weighted by molar-refractivity contribution is 0.661. The quantitative estimate of drug-likeness (QED) is 0.126. The summed E-state index contributed by atoms with van der Waals surface area (Å²) < 4.78 is 0. The molecule has 1 aliphatic rings. The van der Waals surface area contributed by atoms with Gasteiger partial charge in [0.2, 0.25) is 0 Å². The van der Waals surface area contributed by atoms with E-state index < -0.39 is 0 Å². The second-order valence-corrected chi connectivity index (χ2v) is 16.4. The summed E-state index contributed by atoms with van der Waals surface area (Å²) in [6, 6.07) is 72.7. The standard InChI is InChI=1S/C57H38/c1-57(2)53-22-12-11-17-44(53)52-33-50-42-16-6-5-15-41(42)49-32-39(29-30-43(49)51(50)34-54(52)57)36-23-26-37(27-24-36)55-45-18-7-9-20-47(45)56(48-21-10-8-19-46(48)55)40-28-25-35-13-3-4-14-38(35)31-40/h3-34H,1-2H3. The molecule has 0 heteroatoms. The van der Waals surface area contributed by atoms with Gasteiger partial charge in [-0.1, -0.05) is 184 Å². The van der Waals surface area contributed by atoms with Gasteiger partial charge in [-0.05, 0) is 145 Å². The van der Waals surface area contributed by atoms with Crippen LogP contribution in [0.1, 0.15) is 25.0 Å². The third kappa shape index (κ3) is 4.68. The van der Waals surface area contributed by atoms with E-state index in [-0.39, 0.29) is 5.41 Å². The highest BCUT2D eigenvalue weighted by Gasteiger charge is 2.35. The first-order valence-electron chi connectivity index (χ1n) is 20.1. The fourth-order valence-electron chi connectivity index (χ4n) is 10.3. The van der Waals surface area contributed by atoms with Gasteiger partial charge in [0.1, 0.15) is 0 Å². The van der Waals surface area contributed by atoms with Crippen LogP contribution in [-0.4, -0.2) is 0 Å². The summed E-state index contributed by atoms with van der Waals surface area (Å²) in [7, 11) is 0. The molecular weight excluding hydrogens is 685 g/mol. The van der Waals surface area contributed by atoms with Crippen molar-refractivity contribution in [1.82, 2.24) is 0 Å². The van der Waals surface area contributed by atoms with Gasteiger partial charge < -0.3 is 0 Å². The summed E-state index contributed by atoms with van der Waals surface area (Å²) in [6.07, 6.45) is 0. The van der Waals surface area contributed by atoms with Crippen LogP contribution in [0.2, 0.25) is 0 Å². The van der Waals surface area contributed by atoms with Gasteiger partial charge in [0.15, 0.2) is 0 Å². The molecule has 0 aliphatic heterocycles. The van der Waals surface area contributed by atoms with Crippen LogP contribution in [0.4, 0.5) is 0 Å². The zero-order valence-corrected chi connectivity index (χ0v) is 32.0. The fourth-order valence-corrected chi connectivity index (χ4v) is 10.3. The Labute approximate surface area is 332 Å². The molecule has 11 aromatic rings. The van der Waals surface area contributed by atoms with Crippen molar-refractivity contribution in [3.8, 4) is 44.5 Å². The summed E-state index contributed by atoms with van der Waals surface area (Å²) in [5.41, 5.74) is 13.0. The molecule has 0 unspecified atom stereocenters. The molecule has 1 aliphatic carbocycles. The molecular formula is C57H38. The van der Waals surface area contributed by atoms with E-state index in [9.17, 15) is 0 Å². The van der Waals surface area contributed by atoms with Crippen LogP contribution < -0.4 is 0 Å². The Bertz CT molecular complexity index is 3410. The van der Waals surface area contributed by atoms with Crippen LogP contribution in [0, 0.1) is 0 Å². The minimum atomic E-state index is -0.0484. The van der Waals surface area contributed by atoms with E-state index in [1.54, 1.807) is 0 Å². The maximum Gasteiger partial charge on any atom is 0.0159 e. The first kappa shape index (κ1) is 32.2. The maximum absolute atomic E-state index is 2.49. The van der Waals surface area contributed by atoms with Crippen molar-refractivity contribution < 1.29 is 0 Å². The largest absolute Gasteiger partial charge is 0.0619 e. The van der Waals surface area contributed by atoms with Crippen LogP contribution in [-0.2, 0) is 5.41 Å². The Balaban J connectivity index is 1.01. The van der Waals surface area contributed by atoms with Gasteiger partial charge in [-0.15, -0.1) is 0 Å². The Morgan fingerprint density at radius 2 is 0.737 bits per heavy atom. The molecule has 0 radical (unpaired) electrons. The summed E-state index contributed by atoms with van der Waals surface area (Å²) in [5, 5.41) is 15.5. The lowest BCUT2D eigenvalue weighted by Crippen LogP contribution is -2.14.